The lowest BCUT2D eigenvalue weighted by Gasteiger charge is -2.24. The molecule has 1 unspecified atom stereocenters. The largest absolute Gasteiger partial charge is 0.454 e. The summed E-state index contributed by atoms with van der Waals surface area (Å²) in [6.07, 6.45) is 0. The van der Waals surface area contributed by atoms with Crippen LogP contribution >= 0.6 is 11.6 Å². The molecule has 1 heterocycles. The van der Waals surface area contributed by atoms with Gasteiger partial charge in [-0.05, 0) is 49.2 Å². The van der Waals surface area contributed by atoms with Gasteiger partial charge in [0.15, 0.2) is 11.5 Å². The van der Waals surface area contributed by atoms with Gasteiger partial charge in [-0.25, -0.2) is 13.1 Å². The SMILES string of the molecule is Cc1ccc(S(=O)(=O)NCC(C)(O)c2ccc3c(c2)OCO3)cc1Cl. The summed E-state index contributed by atoms with van der Waals surface area (Å²) in [6, 6.07) is 9.48. The van der Waals surface area contributed by atoms with Crippen LogP contribution in [0.2, 0.25) is 5.02 Å². The van der Waals surface area contributed by atoms with E-state index in [0.717, 1.165) is 5.56 Å². The van der Waals surface area contributed by atoms with E-state index in [4.69, 9.17) is 21.1 Å². The zero-order valence-corrected chi connectivity index (χ0v) is 15.3. The maximum Gasteiger partial charge on any atom is 0.240 e. The molecule has 6 nitrogen and oxygen atoms in total. The topological polar surface area (TPSA) is 84.9 Å². The molecule has 0 radical (unpaired) electrons. The van der Waals surface area contributed by atoms with E-state index >= 15 is 0 Å². The molecule has 0 spiro atoms. The zero-order valence-electron chi connectivity index (χ0n) is 13.7. The second-order valence-electron chi connectivity index (χ2n) is 6.08. The maximum absolute atomic E-state index is 12.4. The highest BCUT2D eigenvalue weighted by Crippen LogP contribution is 2.35. The molecule has 1 atom stereocenters. The molecule has 2 aromatic rings. The van der Waals surface area contributed by atoms with E-state index in [1.54, 1.807) is 31.2 Å². The van der Waals surface area contributed by atoms with Crippen molar-refractivity contribution in [3.63, 3.8) is 0 Å². The number of ether oxygens (including phenoxy) is 2. The van der Waals surface area contributed by atoms with Gasteiger partial charge in [0, 0.05) is 11.6 Å². The van der Waals surface area contributed by atoms with Crippen LogP contribution in [0.15, 0.2) is 41.3 Å². The van der Waals surface area contributed by atoms with Gasteiger partial charge < -0.3 is 14.6 Å². The van der Waals surface area contributed by atoms with E-state index in [9.17, 15) is 13.5 Å². The Kier molecular flexibility index (Phi) is 4.68. The lowest BCUT2D eigenvalue weighted by atomic mass is 9.96. The van der Waals surface area contributed by atoms with Crippen LogP contribution in [0.5, 0.6) is 11.5 Å². The molecule has 2 N–H and O–H groups in total. The monoisotopic (exact) mass is 383 g/mol. The van der Waals surface area contributed by atoms with Crippen molar-refractivity contribution >= 4 is 21.6 Å². The molecule has 0 fully saturated rings. The number of rotatable bonds is 5. The fourth-order valence-corrected chi connectivity index (χ4v) is 3.80. The number of halogens is 1. The lowest BCUT2D eigenvalue weighted by molar-refractivity contribution is 0.0625. The van der Waals surface area contributed by atoms with Gasteiger partial charge in [-0.3, -0.25) is 0 Å². The van der Waals surface area contributed by atoms with Gasteiger partial charge in [0.05, 0.1) is 4.90 Å². The first-order valence-corrected chi connectivity index (χ1v) is 9.43. The summed E-state index contributed by atoms with van der Waals surface area (Å²) in [5, 5.41) is 11.0. The Bertz CT molecular complexity index is 911. The van der Waals surface area contributed by atoms with Crippen molar-refractivity contribution in [2.75, 3.05) is 13.3 Å². The second kappa shape index (κ2) is 6.49. The highest BCUT2D eigenvalue weighted by atomic mass is 35.5. The van der Waals surface area contributed by atoms with E-state index in [0.29, 0.717) is 22.1 Å². The summed E-state index contributed by atoms with van der Waals surface area (Å²) >= 11 is 5.99. The van der Waals surface area contributed by atoms with Crippen LogP contribution in [0.4, 0.5) is 0 Å². The zero-order chi connectivity index (χ0) is 18.2. The molecule has 0 aromatic heterocycles. The minimum Gasteiger partial charge on any atom is -0.454 e. The van der Waals surface area contributed by atoms with Crippen LogP contribution in [0.1, 0.15) is 18.1 Å². The third-order valence-corrected chi connectivity index (χ3v) is 5.86. The first-order chi connectivity index (χ1) is 11.7. The summed E-state index contributed by atoms with van der Waals surface area (Å²) in [6.45, 7) is 3.23. The quantitative estimate of drug-likeness (QED) is 0.828. The average Bonchev–Trinajstić information content (AvgIpc) is 3.03. The van der Waals surface area contributed by atoms with Gasteiger partial charge >= 0.3 is 0 Å². The number of hydrogen-bond donors (Lipinski definition) is 2. The van der Waals surface area contributed by atoms with Crippen molar-refractivity contribution in [1.29, 1.82) is 0 Å². The van der Waals surface area contributed by atoms with Gasteiger partial charge in [-0.1, -0.05) is 23.7 Å². The van der Waals surface area contributed by atoms with Crippen LogP contribution in [0, 0.1) is 6.92 Å². The summed E-state index contributed by atoms with van der Waals surface area (Å²) in [5.41, 5.74) is -0.128. The van der Waals surface area contributed by atoms with Crippen LogP contribution in [-0.4, -0.2) is 26.9 Å². The van der Waals surface area contributed by atoms with Gasteiger partial charge in [-0.15, -0.1) is 0 Å². The van der Waals surface area contributed by atoms with Crippen molar-refractivity contribution in [3.05, 3.63) is 52.5 Å². The molecule has 8 heteroatoms. The minimum absolute atomic E-state index is 0.0459. The Labute approximate surface area is 151 Å². The molecule has 3 rings (SSSR count). The highest BCUT2D eigenvalue weighted by Gasteiger charge is 2.28. The molecule has 25 heavy (non-hydrogen) atoms. The van der Waals surface area contributed by atoms with E-state index < -0.39 is 15.6 Å². The standard InChI is InChI=1S/C17H18ClNO5S/c1-11-3-5-13(8-14(11)18)25(21,22)19-9-17(2,20)12-4-6-15-16(7-12)24-10-23-15/h3-8,19-20H,9-10H2,1-2H3. The minimum atomic E-state index is -3.80. The van der Waals surface area contributed by atoms with Crippen molar-refractivity contribution in [3.8, 4) is 11.5 Å². The maximum atomic E-state index is 12.4. The van der Waals surface area contributed by atoms with Gasteiger partial charge in [-0.2, -0.15) is 0 Å². The fraction of sp³-hybridized carbons (Fsp3) is 0.294. The van der Waals surface area contributed by atoms with Crippen LogP contribution < -0.4 is 14.2 Å². The number of sulfonamides is 1. The first-order valence-electron chi connectivity index (χ1n) is 7.57. The number of aliphatic hydroxyl groups is 1. The molecule has 0 saturated heterocycles. The molecule has 134 valence electrons. The second-order valence-corrected chi connectivity index (χ2v) is 8.25. The highest BCUT2D eigenvalue weighted by molar-refractivity contribution is 7.89. The molecule has 0 aliphatic carbocycles. The van der Waals surface area contributed by atoms with Gasteiger partial charge in [0.2, 0.25) is 16.8 Å². The molecule has 0 amide bonds. The van der Waals surface area contributed by atoms with Crippen molar-refractivity contribution in [2.24, 2.45) is 0 Å². The molecule has 0 saturated carbocycles. The predicted molar refractivity (Wildman–Crippen MR) is 93.5 cm³/mol. The third-order valence-electron chi connectivity index (χ3n) is 4.05. The van der Waals surface area contributed by atoms with Gasteiger partial charge in [0.25, 0.3) is 0 Å². The normalized spacial score (nSPS) is 15.8. The number of fused-ring (bicyclic) bond motifs is 1. The molecular formula is C17H18ClNO5S. The van der Waals surface area contributed by atoms with Crippen molar-refractivity contribution in [1.82, 2.24) is 4.72 Å². The number of hydrogen-bond acceptors (Lipinski definition) is 5. The predicted octanol–water partition coefficient (Wildman–Crippen LogP) is 2.56. The summed E-state index contributed by atoms with van der Waals surface area (Å²) in [4.78, 5) is 0.0459. The Morgan fingerprint density at radius 1 is 1.20 bits per heavy atom. The lowest BCUT2D eigenvalue weighted by Crippen LogP contribution is -2.38. The number of nitrogens with one attached hydrogen (secondary N) is 1. The molecule has 1 aliphatic rings. The van der Waals surface area contributed by atoms with E-state index in [2.05, 4.69) is 4.72 Å². The van der Waals surface area contributed by atoms with Crippen LogP contribution in [0.25, 0.3) is 0 Å². The number of benzene rings is 2. The Hall–Kier alpha value is -1.80. The van der Waals surface area contributed by atoms with Crippen molar-refractivity contribution in [2.45, 2.75) is 24.3 Å². The summed E-state index contributed by atoms with van der Waals surface area (Å²) in [7, 11) is -3.80. The van der Waals surface area contributed by atoms with Crippen LogP contribution in [-0.2, 0) is 15.6 Å². The molecule has 2 aromatic carbocycles. The Morgan fingerprint density at radius 3 is 2.64 bits per heavy atom. The van der Waals surface area contributed by atoms with E-state index in [1.807, 2.05) is 0 Å². The third kappa shape index (κ3) is 3.74. The Balaban J connectivity index is 1.78. The van der Waals surface area contributed by atoms with E-state index in [1.165, 1.54) is 19.1 Å². The number of aryl methyl sites for hydroxylation is 1. The molecule has 0 bridgehead atoms. The fourth-order valence-electron chi connectivity index (χ4n) is 2.39. The van der Waals surface area contributed by atoms with Crippen molar-refractivity contribution < 1.29 is 23.0 Å². The molecular weight excluding hydrogens is 366 g/mol. The average molecular weight is 384 g/mol. The molecule has 1 aliphatic heterocycles. The summed E-state index contributed by atoms with van der Waals surface area (Å²) < 4.78 is 37.8. The van der Waals surface area contributed by atoms with Crippen LogP contribution in [0.3, 0.4) is 0 Å². The smallest absolute Gasteiger partial charge is 0.240 e. The van der Waals surface area contributed by atoms with Gasteiger partial charge in [0.1, 0.15) is 5.60 Å². The Morgan fingerprint density at radius 2 is 1.92 bits per heavy atom. The summed E-state index contributed by atoms with van der Waals surface area (Å²) in [5.74, 6) is 1.11. The van der Waals surface area contributed by atoms with E-state index in [-0.39, 0.29) is 18.2 Å². The first kappa shape index (κ1) is 18.0.